The van der Waals surface area contributed by atoms with E-state index in [1.165, 1.54) is 5.56 Å². The Morgan fingerprint density at radius 2 is 1.92 bits per heavy atom. The Morgan fingerprint density at radius 3 is 2.69 bits per heavy atom. The lowest BCUT2D eigenvalue weighted by Gasteiger charge is -2.29. The van der Waals surface area contributed by atoms with Crippen molar-refractivity contribution in [2.75, 3.05) is 62.2 Å². The van der Waals surface area contributed by atoms with Gasteiger partial charge < -0.3 is 19.7 Å². The molecule has 0 atom stereocenters. The van der Waals surface area contributed by atoms with E-state index in [4.69, 9.17) is 19.6 Å². The van der Waals surface area contributed by atoms with Crippen molar-refractivity contribution in [2.24, 2.45) is 5.10 Å². The summed E-state index contributed by atoms with van der Waals surface area (Å²) < 4.78 is 12.6. The molecule has 0 aliphatic carbocycles. The van der Waals surface area contributed by atoms with Crippen LogP contribution in [0.15, 0.2) is 65.8 Å². The summed E-state index contributed by atoms with van der Waals surface area (Å²) in [5, 5.41) is 12.7. The number of morpholine rings is 1. The van der Waals surface area contributed by atoms with Gasteiger partial charge in [-0.2, -0.15) is 14.7 Å². The fourth-order valence-corrected chi connectivity index (χ4v) is 4.15. The van der Waals surface area contributed by atoms with Gasteiger partial charge in [-0.3, -0.25) is 5.43 Å². The molecule has 4 aromatic rings. The van der Waals surface area contributed by atoms with Gasteiger partial charge in [0.25, 0.3) is 0 Å². The number of anilines is 3. The lowest BCUT2D eigenvalue weighted by molar-refractivity contribution is 0.122. The standard InChI is InChI=1S/C27H31N7O2/c1-20-4-3-5-21(16-20)19-29-31-25-18-27(33-11-14-36-15-12-33)34-26(30-25)17-24(32-34)22-6-8-23(9-7-22)28-10-13-35-2/h3-9,16-19,28H,10-15H2,1-2H3,(H,30,31)/b29-19+. The number of benzene rings is 2. The Kier molecular flexibility index (Phi) is 7.39. The molecular weight excluding hydrogens is 454 g/mol. The van der Waals surface area contributed by atoms with Gasteiger partial charge in [0.2, 0.25) is 0 Å². The molecule has 9 nitrogen and oxygen atoms in total. The first kappa shape index (κ1) is 23.8. The molecule has 1 saturated heterocycles. The normalized spacial score (nSPS) is 14.0. The maximum absolute atomic E-state index is 5.57. The Hall–Kier alpha value is -3.95. The van der Waals surface area contributed by atoms with Gasteiger partial charge in [-0.05, 0) is 24.6 Å². The SMILES string of the molecule is COCCNc1ccc(-c2cc3nc(N/N=C/c4cccc(C)c4)cc(N4CCOCC4)n3n2)cc1. The van der Waals surface area contributed by atoms with E-state index < -0.39 is 0 Å². The van der Waals surface area contributed by atoms with Crippen LogP contribution < -0.4 is 15.6 Å². The van der Waals surface area contributed by atoms with Crippen molar-refractivity contribution in [3.63, 3.8) is 0 Å². The molecule has 2 aromatic carbocycles. The van der Waals surface area contributed by atoms with E-state index in [0.717, 1.165) is 53.6 Å². The predicted molar refractivity (Wildman–Crippen MR) is 144 cm³/mol. The highest BCUT2D eigenvalue weighted by atomic mass is 16.5. The minimum absolute atomic E-state index is 0.662. The number of nitrogens with zero attached hydrogens (tertiary/aromatic N) is 5. The van der Waals surface area contributed by atoms with Crippen LogP contribution in [0, 0.1) is 6.92 Å². The third kappa shape index (κ3) is 5.64. The van der Waals surface area contributed by atoms with Gasteiger partial charge in [-0.1, -0.05) is 42.0 Å². The second-order valence-electron chi connectivity index (χ2n) is 8.68. The zero-order valence-corrected chi connectivity index (χ0v) is 20.6. The number of aromatic nitrogens is 3. The van der Waals surface area contributed by atoms with Crippen LogP contribution in [0.4, 0.5) is 17.3 Å². The Labute approximate surface area is 210 Å². The number of nitrogens with one attached hydrogen (secondary N) is 2. The van der Waals surface area contributed by atoms with E-state index in [1.54, 1.807) is 13.3 Å². The molecule has 1 aliphatic heterocycles. The zero-order valence-electron chi connectivity index (χ0n) is 20.6. The molecule has 3 heterocycles. The second kappa shape index (κ2) is 11.2. The number of rotatable bonds is 9. The highest BCUT2D eigenvalue weighted by molar-refractivity contribution is 5.80. The van der Waals surface area contributed by atoms with E-state index in [1.807, 2.05) is 28.8 Å². The summed E-state index contributed by atoms with van der Waals surface area (Å²) in [6, 6.07) is 20.4. The van der Waals surface area contributed by atoms with Gasteiger partial charge in [0, 0.05) is 50.1 Å². The maximum atomic E-state index is 5.57. The monoisotopic (exact) mass is 485 g/mol. The summed E-state index contributed by atoms with van der Waals surface area (Å²) in [5.41, 5.74) is 9.02. The van der Waals surface area contributed by atoms with Crippen LogP contribution in [-0.2, 0) is 9.47 Å². The molecule has 5 rings (SSSR count). The van der Waals surface area contributed by atoms with Crippen molar-refractivity contribution in [3.8, 4) is 11.3 Å². The van der Waals surface area contributed by atoms with E-state index >= 15 is 0 Å². The van der Waals surface area contributed by atoms with Crippen molar-refractivity contribution >= 4 is 29.2 Å². The average molecular weight is 486 g/mol. The van der Waals surface area contributed by atoms with E-state index in [0.29, 0.717) is 25.6 Å². The number of hydrogen-bond donors (Lipinski definition) is 2. The quantitative estimate of drug-likeness (QED) is 0.210. The lowest BCUT2D eigenvalue weighted by Crippen LogP contribution is -2.37. The van der Waals surface area contributed by atoms with Crippen LogP contribution >= 0.6 is 0 Å². The molecule has 186 valence electrons. The predicted octanol–water partition coefficient (Wildman–Crippen LogP) is 4.05. The van der Waals surface area contributed by atoms with E-state index in [9.17, 15) is 0 Å². The van der Waals surface area contributed by atoms with Crippen LogP contribution in [-0.4, -0.2) is 67.4 Å². The van der Waals surface area contributed by atoms with Crippen molar-refractivity contribution in [1.82, 2.24) is 14.6 Å². The van der Waals surface area contributed by atoms with Gasteiger partial charge in [0.15, 0.2) is 11.5 Å². The van der Waals surface area contributed by atoms with Crippen LogP contribution in [0.25, 0.3) is 16.9 Å². The minimum Gasteiger partial charge on any atom is -0.383 e. The molecule has 2 N–H and O–H groups in total. The first-order valence-corrected chi connectivity index (χ1v) is 12.1. The fourth-order valence-electron chi connectivity index (χ4n) is 4.15. The Bertz CT molecular complexity index is 1330. The molecular formula is C27H31N7O2. The number of hydrogen-bond acceptors (Lipinski definition) is 8. The smallest absolute Gasteiger partial charge is 0.160 e. The van der Waals surface area contributed by atoms with Gasteiger partial charge in [-0.15, -0.1) is 0 Å². The number of fused-ring (bicyclic) bond motifs is 1. The molecule has 1 aliphatic rings. The largest absolute Gasteiger partial charge is 0.383 e. The zero-order chi connectivity index (χ0) is 24.7. The van der Waals surface area contributed by atoms with Crippen molar-refractivity contribution < 1.29 is 9.47 Å². The summed E-state index contributed by atoms with van der Waals surface area (Å²) in [6.07, 6.45) is 1.80. The number of hydrazone groups is 1. The van der Waals surface area contributed by atoms with Gasteiger partial charge in [-0.25, -0.2) is 4.98 Å². The fraction of sp³-hybridized carbons (Fsp3) is 0.296. The minimum atomic E-state index is 0.662. The molecule has 1 fully saturated rings. The van der Waals surface area contributed by atoms with Crippen LogP contribution in [0.1, 0.15) is 11.1 Å². The van der Waals surface area contributed by atoms with Gasteiger partial charge in [0.05, 0.1) is 31.7 Å². The van der Waals surface area contributed by atoms with Gasteiger partial charge in [0.1, 0.15) is 5.82 Å². The first-order valence-electron chi connectivity index (χ1n) is 12.1. The Balaban J connectivity index is 1.43. The third-order valence-corrected chi connectivity index (χ3v) is 5.99. The molecule has 0 amide bonds. The molecule has 0 saturated carbocycles. The second-order valence-corrected chi connectivity index (χ2v) is 8.68. The number of ether oxygens (including phenoxy) is 2. The number of methoxy groups -OCH3 is 1. The Morgan fingerprint density at radius 1 is 1.08 bits per heavy atom. The highest BCUT2D eigenvalue weighted by Crippen LogP contribution is 2.26. The summed E-state index contributed by atoms with van der Waals surface area (Å²) in [4.78, 5) is 7.06. The maximum Gasteiger partial charge on any atom is 0.160 e. The number of aryl methyl sites for hydroxylation is 1. The van der Waals surface area contributed by atoms with Crippen molar-refractivity contribution in [2.45, 2.75) is 6.92 Å². The summed E-state index contributed by atoms with van der Waals surface area (Å²) in [7, 11) is 1.70. The van der Waals surface area contributed by atoms with Gasteiger partial charge >= 0.3 is 0 Å². The van der Waals surface area contributed by atoms with Crippen LogP contribution in [0.2, 0.25) is 0 Å². The molecule has 0 bridgehead atoms. The molecule has 9 heteroatoms. The first-order chi connectivity index (χ1) is 17.7. The molecule has 0 spiro atoms. The highest BCUT2D eigenvalue weighted by Gasteiger charge is 2.18. The molecule has 0 unspecified atom stereocenters. The lowest BCUT2D eigenvalue weighted by atomic mass is 10.1. The third-order valence-electron chi connectivity index (χ3n) is 5.99. The van der Waals surface area contributed by atoms with E-state index in [-0.39, 0.29) is 0 Å². The van der Waals surface area contributed by atoms with Crippen LogP contribution in [0.5, 0.6) is 0 Å². The molecule has 36 heavy (non-hydrogen) atoms. The molecule has 2 aromatic heterocycles. The summed E-state index contributed by atoms with van der Waals surface area (Å²) in [5.74, 6) is 1.62. The topological polar surface area (TPSA) is 88.3 Å². The molecule has 0 radical (unpaired) electrons. The van der Waals surface area contributed by atoms with Crippen LogP contribution in [0.3, 0.4) is 0 Å². The summed E-state index contributed by atoms with van der Waals surface area (Å²) in [6.45, 7) is 6.45. The van der Waals surface area contributed by atoms with Crippen molar-refractivity contribution in [1.29, 1.82) is 0 Å². The summed E-state index contributed by atoms with van der Waals surface area (Å²) >= 11 is 0. The van der Waals surface area contributed by atoms with Crippen molar-refractivity contribution in [3.05, 3.63) is 71.8 Å². The van der Waals surface area contributed by atoms with E-state index in [2.05, 4.69) is 64.1 Å². The average Bonchev–Trinajstić information content (AvgIpc) is 3.34.